The van der Waals surface area contributed by atoms with Crippen molar-refractivity contribution in [2.75, 3.05) is 25.0 Å². The highest BCUT2D eigenvalue weighted by atomic mass is 16.5. The molecule has 20 heavy (non-hydrogen) atoms. The molecule has 0 spiro atoms. The summed E-state index contributed by atoms with van der Waals surface area (Å²) in [6, 6.07) is 1.63. The molecular formula is C13H20N4O3. The topological polar surface area (TPSA) is 87.5 Å². The Balaban J connectivity index is 1.81. The zero-order valence-electron chi connectivity index (χ0n) is 11.8. The first-order valence-electron chi connectivity index (χ1n) is 6.87. The molecule has 1 aliphatic rings. The average molecular weight is 280 g/mol. The van der Waals surface area contributed by atoms with Gasteiger partial charge in [0, 0.05) is 31.6 Å². The van der Waals surface area contributed by atoms with Gasteiger partial charge in [-0.2, -0.15) is 0 Å². The minimum absolute atomic E-state index is 0.0570. The van der Waals surface area contributed by atoms with Crippen LogP contribution >= 0.6 is 0 Å². The largest absolute Gasteiger partial charge is 0.360 e. The number of nitrogens with zero attached hydrogens (tertiary/aromatic N) is 2. The number of carbonyl (C=O) groups excluding carboxylic acids is 2. The number of anilines is 1. The average Bonchev–Trinajstić information content (AvgIpc) is 2.84. The van der Waals surface area contributed by atoms with Gasteiger partial charge in [0.1, 0.15) is 5.76 Å². The first kappa shape index (κ1) is 14.4. The van der Waals surface area contributed by atoms with Crippen LogP contribution in [-0.4, -0.2) is 41.6 Å². The van der Waals surface area contributed by atoms with E-state index in [1.165, 1.54) is 0 Å². The lowest BCUT2D eigenvalue weighted by molar-refractivity contribution is -0.121. The molecule has 1 fully saturated rings. The summed E-state index contributed by atoms with van der Waals surface area (Å²) in [5.74, 6) is 0.955. The molecule has 1 saturated heterocycles. The molecule has 0 aromatic carbocycles. The summed E-state index contributed by atoms with van der Waals surface area (Å²) in [6.07, 6.45) is 1.33. The van der Waals surface area contributed by atoms with Crippen molar-refractivity contribution in [3.63, 3.8) is 0 Å². The lowest BCUT2D eigenvalue weighted by Crippen LogP contribution is -2.46. The highest BCUT2D eigenvalue weighted by Crippen LogP contribution is 2.19. The van der Waals surface area contributed by atoms with Gasteiger partial charge >= 0.3 is 6.03 Å². The van der Waals surface area contributed by atoms with Crippen molar-refractivity contribution in [2.24, 2.45) is 5.92 Å². The van der Waals surface area contributed by atoms with Gasteiger partial charge in [-0.25, -0.2) is 4.79 Å². The van der Waals surface area contributed by atoms with Crippen LogP contribution in [0.4, 0.5) is 10.6 Å². The molecule has 2 heterocycles. The SMILES string of the molecule is CCNC(=O)N1CCC(C(=O)Nc2cc(C)on2)CC1. The number of piperidine rings is 1. The van der Waals surface area contributed by atoms with Gasteiger partial charge in [0.05, 0.1) is 0 Å². The predicted octanol–water partition coefficient (Wildman–Crippen LogP) is 1.36. The quantitative estimate of drug-likeness (QED) is 0.875. The maximum atomic E-state index is 12.1. The molecule has 1 aromatic rings. The van der Waals surface area contributed by atoms with Gasteiger partial charge in [0.25, 0.3) is 0 Å². The number of hydrogen-bond donors (Lipinski definition) is 2. The van der Waals surface area contributed by atoms with Crippen molar-refractivity contribution in [3.05, 3.63) is 11.8 Å². The van der Waals surface area contributed by atoms with Gasteiger partial charge in [-0.3, -0.25) is 4.79 Å². The molecular weight excluding hydrogens is 260 g/mol. The van der Waals surface area contributed by atoms with Gasteiger partial charge in [-0.05, 0) is 26.7 Å². The van der Waals surface area contributed by atoms with Crippen LogP contribution in [0.5, 0.6) is 0 Å². The van der Waals surface area contributed by atoms with Crippen molar-refractivity contribution in [1.82, 2.24) is 15.4 Å². The minimum Gasteiger partial charge on any atom is -0.360 e. The lowest BCUT2D eigenvalue weighted by atomic mass is 9.96. The fourth-order valence-corrected chi connectivity index (χ4v) is 2.26. The summed E-state index contributed by atoms with van der Waals surface area (Å²) in [5, 5.41) is 9.24. The van der Waals surface area contributed by atoms with Crippen LogP contribution in [0.15, 0.2) is 10.6 Å². The number of urea groups is 1. The Labute approximate surface area is 117 Å². The van der Waals surface area contributed by atoms with Gasteiger partial charge in [0.2, 0.25) is 5.91 Å². The first-order valence-corrected chi connectivity index (χ1v) is 6.87. The zero-order chi connectivity index (χ0) is 14.5. The number of aromatic nitrogens is 1. The first-order chi connectivity index (χ1) is 9.60. The van der Waals surface area contributed by atoms with Gasteiger partial charge < -0.3 is 20.1 Å². The number of amides is 3. The van der Waals surface area contributed by atoms with Crippen LogP contribution in [0.1, 0.15) is 25.5 Å². The summed E-state index contributed by atoms with van der Waals surface area (Å²) in [6.45, 7) is 5.47. The number of nitrogens with one attached hydrogen (secondary N) is 2. The van der Waals surface area contributed by atoms with E-state index in [1.807, 2.05) is 6.92 Å². The van der Waals surface area contributed by atoms with Crippen LogP contribution in [0.3, 0.4) is 0 Å². The Bertz CT molecular complexity index is 478. The van der Waals surface area contributed by atoms with Gasteiger partial charge in [-0.15, -0.1) is 0 Å². The predicted molar refractivity (Wildman–Crippen MR) is 73.2 cm³/mol. The molecule has 2 N–H and O–H groups in total. The van der Waals surface area contributed by atoms with E-state index in [0.717, 1.165) is 0 Å². The third kappa shape index (κ3) is 3.49. The van der Waals surface area contributed by atoms with Crippen LogP contribution in [0, 0.1) is 12.8 Å². The number of likely N-dealkylation sites (tertiary alicyclic amines) is 1. The molecule has 3 amide bonds. The smallest absolute Gasteiger partial charge is 0.317 e. The molecule has 7 nitrogen and oxygen atoms in total. The summed E-state index contributed by atoms with van der Waals surface area (Å²) in [5.41, 5.74) is 0. The van der Waals surface area contributed by atoms with E-state index in [4.69, 9.17) is 4.52 Å². The van der Waals surface area contributed by atoms with E-state index in [0.29, 0.717) is 44.1 Å². The Hall–Kier alpha value is -2.05. The van der Waals surface area contributed by atoms with Gasteiger partial charge in [-0.1, -0.05) is 5.16 Å². The third-order valence-corrected chi connectivity index (χ3v) is 3.36. The number of carbonyl (C=O) groups is 2. The fraction of sp³-hybridized carbons (Fsp3) is 0.615. The Morgan fingerprint density at radius 2 is 2.15 bits per heavy atom. The lowest BCUT2D eigenvalue weighted by Gasteiger charge is -2.31. The van der Waals surface area contributed by atoms with Crippen molar-refractivity contribution in [1.29, 1.82) is 0 Å². The number of hydrogen-bond acceptors (Lipinski definition) is 4. The van der Waals surface area contributed by atoms with Crippen molar-refractivity contribution in [3.8, 4) is 0 Å². The van der Waals surface area contributed by atoms with E-state index in [2.05, 4.69) is 15.8 Å². The highest BCUT2D eigenvalue weighted by molar-refractivity contribution is 5.91. The maximum absolute atomic E-state index is 12.1. The molecule has 1 aromatic heterocycles. The summed E-state index contributed by atoms with van der Waals surface area (Å²) in [4.78, 5) is 25.5. The monoisotopic (exact) mass is 280 g/mol. The van der Waals surface area contributed by atoms with Crippen LogP contribution < -0.4 is 10.6 Å². The van der Waals surface area contributed by atoms with Crippen molar-refractivity contribution >= 4 is 17.8 Å². The van der Waals surface area contributed by atoms with Crippen molar-refractivity contribution < 1.29 is 14.1 Å². The van der Waals surface area contributed by atoms with E-state index >= 15 is 0 Å². The zero-order valence-corrected chi connectivity index (χ0v) is 11.8. The molecule has 0 saturated carbocycles. The van der Waals surface area contributed by atoms with E-state index in [1.54, 1.807) is 17.9 Å². The minimum atomic E-state index is -0.0855. The Kier molecular flexibility index (Phi) is 4.60. The van der Waals surface area contributed by atoms with Crippen molar-refractivity contribution in [2.45, 2.75) is 26.7 Å². The second-order valence-electron chi connectivity index (χ2n) is 4.91. The fourth-order valence-electron chi connectivity index (χ4n) is 2.26. The third-order valence-electron chi connectivity index (χ3n) is 3.36. The Morgan fingerprint density at radius 1 is 1.45 bits per heavy atom. The molecule has 110 valence electrons. The molecule has 0 atom stereocenters. The molecule has 0 radical (unpaired) electrons. The van der Waals surface area contributed by atoms with E-state index < -0.39 is 0 Å². The summed E-state index contributed by atoms with van der Waals surface area (Å²) >= 11 is 0. The van der Waals surface area contributed by atoms with Crippen LogP contribution in [0.25, 0.3) is 0 Å². The molecule has 0 aliphatic carbocycles. The summed E-state index contributed by atoms with van der Waals surface area (Å²) < 4.78 is 4.90. The molecule has 0 bridgehead atoms. The standard InChI is InChI=1S/C13H20N4O3/c1-3-14-13(19)17-6-4-10(5-7-17)12(18)15-11-8-9(2)20-16-11/h8,10H,3-7H2,1-2H3,(H,14,19)(H,15,16,18). The molecule has 1 aliphatic heterocycles. The van der Waals surface area contributed by atoms with E-state index in [9.17, 15) is 9.59 Å². The van der Waals surface area contributed by atoms with E-state index in [-0.39, 0.29) is 17.9 Å². The molecule has 0 unspecified atom stereocenters. The molecule has 7 heteroatoms. The maximum Gasteiger partial charge on any atom is 0.317 e. The normalized spacial score (nSPS) is 16.0. The second-order valence-corrected chi connectivity index (χ2v) is 4.91. The molecule has 2 rings (SSSR count). The second kappa shape index (κ2) is 6.40. The summed E-state index contributed by atoms with van der Waals surface area (Å²) in [7, 11) is 0. The van der Waals surface area contributed by atoms with Gasteiger partial charge in [0.15, 0.2) is 5.82 Å². The highest BCUT2D eigenvalue weighted by Gasteiger charge is 2.27. The Morgan fingerprint density at radius 3 is 2.70 bits per heavy atom. The number of aryl methyl sites for hydroxylation is 1. The van der Waals surface area contributed by atoms with Crippen LogP contribution in [0.2, 0.25) is 0 Å². The van der Waals surface area contributed by atoms with Crippen LogP contribution in [-0.2, 0) is 4.79 Å². The number of rotatable bonds is 3.